The van der Waals surface area contributed by atoms with Gasteiger partial charge in [0.2, 0.25) is 0 Å². The van der Waals surface area contributed by atoms with E-state index in [1.807, 2.05) is 36.4 Å². The summed E-state index contributed by atoms with van der Waals surface area (Å²) in [6.45, 7) is 0.189. The summed E-state index contributed by atoms with van der Waals surface area (Å²) in [6.07, 6.45) is 0. The molecule has 0 atom stereocenters. The second-order valence-electron chi connectivity index (χ2n) is 3.49. The zero-order chi connectivity index (χ0) is 11.4. The molecule has 0 unspecified atom stereocenters. The number of fused-ring (bicyclic) bond motifs is 1. The number of rotatable bonds is 3. The van der Waals surface area contributed by atoms with E-state index >= 15 is 0 Å². The molecule has 0 spiro atoms. The number of methoxy groups -OCH3 is 1. The first-order chi connectivity index (χ1) is 7.79. The Bertz CT molecular complexity index is 514. The summed E-state index contributed by atoms with van der Waals surface area (Å²) >= 11 is 0. The van der Waals surface area contributed by atoms with Crippen molar-refractivity contribution < 1.29 is 9.53 Å². The van der Waals surface area contributed by atoms with Crippen molar-refractivity contribution in [3.05, 3.63) is 42.5 Å². The second kappa shape index (κ2) is 6.11. The van der Waals surface area contributed by atoms with Crippen LogP contribution >= 0.6 is 12.4 Å². The Kier molecular flexibility index (Phi) is 4.79. The molecule has 0 bridgehead atoms. The van der Waals surface area contributed by atoms with Crippen molar-refractivity contribution in [1.29, 1.82) is 0 Å². The van der Waals surface area contributed by atoms with Crippen LogP contribution in [0.2, 0.25) is 0 Å². The van der Waals surface area contributed by atoms with Crippen LogP contribution in [0.3, 0.4) is 0 Å². The Morgan fingerprint density at radius 1 is 1.18 bits per heavy atom. The minimum Gasteiger partial charge on any atom is -0.468 e. The molecule has 0 aliphatic rings. The molecule has 2 aromatic carbocycles. The Balaban J connectivity index is 0.00000144. The molecule has 1 N–H and O–H groups in total. The molecule has 0 saturated carbocycles. The number of carbonyl (C=O) groups is 1. The lowest BCUT2D eigenvalue weighted by Crippen LogP contribution is -2.14. The maximum atomic E-state index is 11.0. The third-order valence-electron chi connectivity index (χ3n) is 2.41. The lowest BCUT2D eigenvalue weighted by atomic mass is 10.1. The third kappa shape index (κ3) is 3.36. The first-order valence-electron chi connectivity index (χ1n) is 5.09. The van der Waals surface area contributed by atoms with Gasteiger partial charge in [-0.15, -0.1) is 12.4 Å². The molecule has 2 aromatic rings. The minimum atomic E-state index is -0.270. The lowest BCUT2D eigenvalue weighted by molar-refractivity contribution is -0.138. The molecule has 17 heavy (non-hydrogen) atoms. The van der Waals surface area contributed by atoms with E-state index in [0.717, 1.165) is 11.1 Å². The number of carbonyl (C=O) groups excluding carboxylic acids is 1. The summed E-state index contributed by atoms with van der Waals surface area (Å²) in [6, 6.07) is 14.1. The van der Waals surface area contributed by atoms with Crippen LogP contribution in [0.15, 0.2) is 42.5 Å². The molecule has 3 nitrogen and oxygen atoms in total. The van der Waals surface area contributed by atoms with Crippen LogP contribution in [0.25, 0.3) is 10.8 Å². The van der Waals surface area contributed by atoms with Gasteiger partial charge in [-0.2, -0.15) is 0 Å². The second-order valence-corrected chi connectivity index (χ2v) is 3.49. The van der Waals surface area contributed by atoms with Crippen molar-refractivity contribution in [2.45, 2.75) is 0 Å². The van der Waals surface area contributed by atoms with Gasteiger partial charge in [0.25, 0.3) is 0 Å². The van der Waals surface area contributed by atoms with Gasteiger partial charge in [-0.3, -0.25) is 4.79 Å². The van der Waals surface area contributed by atoms with Gasteiger partial charge in [0.05, 0.1) is 7.11 Å². The molecular weight excluding hydrogens is 238 g/mol. The van der Waals surface area contributed by atoms with Crippen molar-refractivity contribution in [2.24, 2.45) is 0 Å². The van der Waals surface area contributed by atoms with E-state index in [1.54, 1.807) is 0 Å². The normalized spacial score (nSPS) is 9.47. The predicted molar refractivity (Wildman–Crippen MR) is 71.7 cm³/mol. The summed E-state index contributed by atoms with van der Waals surface area (Å²) in [5, 5.41) is 5.35. The van der Waals surface area contributed by atoms with E-state index in [1.165, 1.54) is 12.5 Å². The number of halogens is 1. The van der Waals surface area contributed by atoms with Gasteiger partial charge in [-0.25, -0.2) is 0 Å². The third-order valence-corrected chi connectivity index (χ3v) is 2.41. The molecule has 0 saturated heterocycles. The summed E-state index contributed by atoms with van der Waals surface area (Å²) in [7, 11) is 1.38. The Labute approximate surface area is 106 Å². The number of benzene rings is 2. The fourth-order valence-electron chi connectivity index (χ4n) is 1.55. The van der Waals surface area contributed by atoms with Crippen LogP contribution in [-0.2, 0) is 9.53 Å². The number of esters is 1. The van der Waals surface area contributed by atoms with Crippen LogP contribution in [0.4, 0.5) is 5.69 Å². The topological polar surface area (TPSA) is 38.3 Å². The quantitative estimate of drug-likeness (QED) is 0.853. The van der Waals surface area contributed by atoms with Crippen LogP contribution in [0, 0.1) is 0 Å². The van der Waals surface area contributed by atoms with E-state index in [-0.39, 0.29) is 24.9 Å². The van der Waals surface area contributed by atoms with E-state index in [0.29, 0.717) is 0 Å². The average molecular weight is 252 g/mol. The molecule has 0 heterocycles. The Morgan fingerprint density at radius 3 is 2.59 bits per heavy atom. The lowest BCUT2D eigenvalue weighted by Gasteiger charge is -2.06. The Morgan fingerprint density at radius 2 is 1.88 bits per heavy atom. The zero-order valence-corrected chi connectivity index (χ0v) is 10.3. The fourth-order valence-corrected chi connectivity index (χ4v) is 1.55. The molecule has 0 aromatic heterocycles. The van der Waals surface area contributed by atoms with Crippen molar-refractivity contribution >= 4 is 34.8 Å². The van der Waals surface area contributed by atoms with Crippen LogP contribution in [0.5, 0.6) is 0 Å². The van der Waals surface area contributed by atoms with E-state index in [2.05, 4.69) is 16.1 Å². The van der Waals surface area contributed by atoms with Gasteiger partial charge in [-0.05, 0) is 22.9 Å². The molecule has 0 radical (unpaired) electrons. The highest BCUT2D eigenvalue weighted by Gasteiger charge is 2.00. The molecule has 0 fully saturated rings. The Hall–Kier alpha value is -1.74. The maximum absolute atomic E-state index is 11.0. The van der Waals surface area contributed by atoms with Crippen LogP contribution < -0.4 is 5.32 Å². The predicted octanol–water partition coefficient (Wildman–Crippen LogP) is 2.85. The smallest absolute Gasteiger partial charge is 0.325 e. The van der Waals surface area contributed by atoms with E-state index < -0.39 is 0 Å². The molecule has 0 amide bonds. The first kappa shape index (κ1) is 13.3. The van der Waals surface area contributed by atoms with Crippen molar-refractivity contribution in [3.63, 3.8) is 0 Å². The van der Waals surface area contributed by atoms with E-state index in [4.69, 9.17) is 0 Å². The van der Waals surface area contributed by atoms with Gasteiger partial charge >= 0.3 is 5.97 Å². The largest absolute Gasteiger partial charge is 0.468 e. The number of anilines is 1. The monoisotopic (exact) mass is 251 g/mol. The SMILES string of the molecule is COC(=O)CNc1ccc2ccccc2c1.Cl. The molecule has 90 valence electrons. The van der Waals surface area contributed by atoms with Gasteiger partial charge in [0.15, 0.2) is 0 Å². The number of ether oxygens (including phenoxy) is 1. The standard InChI is InChI=1S/C13H13NO2.ClH/c1-16-13(15)9-14-12-7-6-10-4-2-3-5-11(10)8-12;/h2-8,14H,9H2,1H3;1H. The van der Waals surface area contributed by atoms with E-state index in [9.17, 15) is 4.79 Å². The zero-order valence-electron chi connectivity index (χ0n) is 9.47. The molecule has 2 rings (SSSR count). The van der Waals surface area contributed by atoms with Crippen molar-refractivity contribution in [2.75, 3.05) is 19.0 Å². The van der Waals surface area contributed by atoms with Crippen molar-refractivity contribution in [1.82, 2.24) is 0 Å². The summed E-state index contributed by atoms with van der Waals surface area (Å²) in [5.41, 5.74) is 0.920. The summed E-state index contributed by atoms with van der Waals surface area (Å²) in [5.74, 6) is -0.270. The minimum absolute atomic E-state index is 0. The first-order valence-corrected chi connectivity index (χ1v) is 5.09. The molecule has 0 aliphatic heterocycles. The van der Waals surface area contributed by atoms with Crippen LogP contribution in [0.1, 0.15) is 0 Å². The number of nitrogens with one attached hydrogen (secondary N) is 1. The highest BCUT2D eigenvalue weighted by Crippen LogP contribution is 2.18. The maximum Gasteiger partial charge on any atom is 0.325 e. The fraction of sp³-hybridized carbons (Fsp3) is 0.154. The number of hydrogen-bond donors (Lipinski definition) is 1. The highest BCUT2D eigenvalue weighted by molar-refractivity contribution is 5.86. The molecular formula is C13H14ClNO2. The molecule has 0 aliphatic carbocycles. The van der Waals surface area contributed by atoms with Gasteiger partial charge in [-0.1, -0.05) is 30.3 Å². The summed E-state index contributed by atoms with van der Waals surface area (Å²) in [4.78, 5) is 11.0. The van der Waals surface area contributed by atoms with Gasteiger partial charge in [0.1, 0.15) is 6.54 Å². The van der Waals surface area contributed by atoms with Gasteiger partial charge < -0.3 is 10.1 Å². The highest BCUT2D eigenvalue weighted by atomic mass is 35.5. The average Bonchev–Trinajstić information content (AvgIpc) is 2.35. The van der Waals surface area contributed by atoms with Crippen molar-refractivity contribution in [3.8, 4) is 0 Å². The summed E-state index contributed by atoms with van der Waals surface area (Å²) < 4.78 is 4.56. The number of hydrogen-bond acceptors (Lipinski definition) is 3. The van der Waals surface area contributed by atoms with Gasteiger partial charge in [0, 0.05) is 5.69 Å². The van der Waals surface area contributed by atoms with Crippen LogP contribution in [-0.4, -0.2) is 19.6 Å². The molecule has 4 heteroatoms.